The summed E-state index contributed by atoms with van der Waals surface area (Å²) in [7, 11) is 0. The highest BCUT2D eigenvalue weighted by Crippen LogP contribution is 2.39. The highest BCUT2D eigenvalue weighted by molar-refractivity contribution is 5.87. The maximum absolute atomic E-state index is 14.0. The van der Waals surface area contributed by atoms with E-state index in [2.05, 4.69) is 10.1 Å². The van der Waals surface area contributed by atoms with E-state index < -0.39 is 12.4 Å². The minimum atomic E-state index is -4.79. The molecule has 0 aliphatic heterocycles. The first-order valence-corrected chi connectivity index (χ1v) is 13.0. The third kappa shape index (κ3) is 5.52. The number of hydrogen-bond donors (Lipinski definition) is 1. The van der Waals surface area contributed by atoms with Gasteiger partial charge in [0.1, 0.15) is 17.6 Å². The van der Waals surface area contributed by atoms with E-state index in [0.29, 0.717) is 16.9 Å². The highest BCUT2D eigenvalue weighted by atomic mass is 19.4. The monoisotopic (exact) mass is 499 g/mol. The number of hydrogen-bond acceptors (Lipinski definition) is 3. The minimum absolute atomic E-state index is 0.0131. The van der Waals surface area contributed by atoms with Crippen molar-refractivity contribution in [2.24, 2.45) is 5.92 Å². The van der Waals surface area contributed by atoms with Crippen LogP contribution >= 0.6 is 0 Å². The van der Waals surface area contributed by atoms with E-state index in [1.807, 2.05) is 28.8 Å². The topological polar surface area (TPSA) is 56.2 Å². The summed E-state index contributed by atoms with van der Waals surface area (Å²) < 4.78 is 44.9. The number of ether oxygens (including phenoxy) is 1. The first-order chi connectivity index (χ1) is 17.4. The van der Waals surface area contributed by atoms with Crippen molar-refractivity contribution in [3.05, 3.63) is 48.5 Å². The second-order valence-electron chi connectivity index (χ2n) is 10.1. The van der Waals surface area contributed by atoms with Gasteiger partial charge < -0.3 is 14.6 Å². The third-order valence-electron chi connectivity index (χ3n) is 7.52. The number of imidazole rings is 1. The van der Waals surface area contributed by atoms with Gasteiger partial charge in [-0.05, 0) is 55.9 Å². The van der Waals surface area contributed by atoms with Crippen molar-refractivity contribution in [2.75, 3.05) is 0 Å². The van der Waals surface area contributed by atoms with Crippen LogP contribution in [0.4, 0.5) is 13.2 Å². The predicted molar refractivity (Wildman–Crippen MR) is 132 cm³/mol. The summed E-state index contributed by atoms with van der Waals surface area (Å²) in [5.74, 6) is 0.298. The van der Waals surface area contributed by atoms with E-state index in [1.54, 1.807) is 6.07 Å². The summed E-state index contributed by atoms with van der Waals surface area (Å²) in [6.07, 6.45) is 5.76. The quantitative estimate of drug-likeness (QED) is 0.391. The Balaban J connectivity index is 1.60. The van der Waals surface area contributed by atoms with Gasteiger partial charge in [-0.25, -0.2) is 4.98 Å². The zero-order valence-electron chi connectivity index (χ0n) is 20.3. The number of carbonyl (C=O) groups excluding carboxylic acids is 1. The molecule has 1 unspecified atom stereocenters. The van der Waals surface area contributed by atoms with Crippen molar-refractivity contribution in [1.82, 2.24) is 14.9 Å². The molecule has 0 bridgehead atoms. The molecule has 3 aromatic rings. The van der Waals surface area contributed by atoms with Crippen LogP contribution in [0, 0.1) is 5.92 Å². The van der Waals surface area contributed by atoms with Crippen LogP contribution in [0.15, 0.2) is 48.5 Å². The second-order valence-corrected chi connectivity index (χ2v) is 10.1. The van der Waals surface area contributed by atoms with Crippen molar-refractivity contribution in [1.29, 1.82) is 0 Å². The number of nitrogens with one attached hydrogen (secondary N) is 1. The van der Waals surface area contributed by atoms with Crippen LogP contribution < -0.4 is 10.1 Å². The highest BCUT2D eigenvalue weighted by Gasteiger charge is 2.36. The second kappa shape index (κ2) is 10.5. The molecule has 0 spiro atoms. The van der Waals surface area contributed by atoms with Gasteiger partial charge in [0.2, 0.25) is 5.91 Å². The molecule has 0 radical (unpaired) electrons. The Morgan fingerprint density at radius 2 is 1.64 bits per heavy atom. The van der Waals surface area contributed by atoms with Gasteiger partial charge in [-0.15, -0.1) is 13.2 Å². The summed E-state index contributed by atoms with van der Waals surface area (Å²) in [5, 5.41) is 3.33. The predicted octanol–water partition coefficient (Wildman–Crippen LogP) is 7.17. The zero-order valence-corrected chi connectivity index (χ0v) is 20.3. The number of alkyl halides is 3. The van der Waals surface area contributed by atoms with E-state index in [1.165, 1.54) is 24.6 Å². The van der Waals surface area contributed by atoms with Gasteiger partial charge in [0.15, 0.2) is 0 Å². The lowest BCUT2D eigenvalue weighted by Crippen LogP contribution is -2.43. The summed E-state index contributed by atoms with van der Waals surface area (Å²) in [6, 6.07) is 13.2. The van der Waals surface area contributed by atoms with E-state index in [4.69, 9.17) is 4.98 Å². The van der Waals surface area contributed by atoms with Crippen molar-refractivity contribution >= 4 is 16.9 Å². The molecule has 2 aromatic carbocycles. The Morgan fingerprint density at radius 1 is 0.944 bits per heavy atom. The SMILES string of the molecule is O=C(NC1CCCCC1)C(C1CCCCC1)n1c(-c2cccc(OC(F)(F)F)c2)nc2ccccc21. The molecule has 1 N–H and O–H groups in total. The fourth-order valence-electron chi connectivity index (χ4n) is 5.89. The summed E-state index contributed by atoms with van der Waals surface area (Å²) in [4.78, 5) is 18.8. The Hall–Kier alpha value is -3.03. The van der Waals surface area contributed by atoms with Crippen LogP contribution in [0.25, 0.3) is 22.4 Å². The number of halogens is 3. The molecule has 1 heterocycles. The fraction of sp³-hybridized carbons (Fsp3) is 0.500. The van der Waals surface area contributed by atoms with Crippen LogP contribution in [0.1, 0.15) is 70.3 Å². The third-order valence-corrected chi connectivity index (χ3v) is 7.52. The molecular formula is C28H32F3N3O2. The number of nitrogens with zero attached hydrogens (tertiary/aromatic N) is 2. The molecule has 0 saturated heterocycles. The first-order valence-electron chi connectivity index (χ1n) is 13.0. The lowest BCUT2D eigenvalue weighted by molar-refractivity contribution is -0.274. The Bertz CT molecular complexity index is 1190. The molecule has 36 heavy (non-hydrogen) atoms. The summed E-state index contributed by atoms with van der Waals surface area (Å²) >= 11 is 0. The molecule has 2 aliphatic carbocycles. The van der Waals surface area contributed by atoms with E-state index in [0.717, 1.165) is 63.3 Å². The molecule has 1 atom stereocenters. The van der Waals surface area contributed by atoms with Crippen LogP contribution in [0.2, 0.25) is 0 Å². The lowest BCUT2D eigenvalue weighted by atomic mass is 9.82. The Kier molecular flexibility index (Phi) is 7.21. The number of benzene rings is 2. The summed E-state index contributed by atoms with van der Waals surface area (Å²) in [5.41, 5.74) is 2.00. The Labute approximate surface area is 209 Å². The van der Waals surface area contributed by atoms with Crippen LogP contribution in [0.5, 0.6) is 5.75 Å². The van der Waals surface area contributed by atoms with Crippen molar-refractivity contribution in [3.63, 3.8) is 0 Å². The van der Waals surface area contributed by atoms with E-state index in [-0.39, 0.29) is 23.6 Å². The van der Waals surface area contributed by atoms with Crippen molar-refractivity contribution in [2.45, 2.75) is 82.7 Å². The van der Waals surface area contributed by atoms with Gasteiger partial charge in [0.25, 0.3) is 0 Å². The maximum atomic E-state index is 14.0. The molecule has 192 valence electrons. The van der Waals surface area contributed by atoms with Crippen LogP contribution in [-0.4, -0.2) is 27.9 Å². The normalized spacial score (nSPS) is 18.8. The lowest BCUT2D eigenvalue weighted by Gasteiger charge is -2.33. The van der Waals surface area contributed by atoms with Crippen LogP contribution in [0.3, 0.4) is 0 Å². The van der Waals surface area contributed by atoms with Crippen LogP contribution in [-0.2, 0) is 4.79 Å². The molecule has 8 heteroatoms. The number of fused-ring (bicyclic) bond motifs is 1. The van der Waals surface area contributed by atoms with E-state index >= 15 is 0 Å². The smallest absolute Gasteiger partial charge is 0.406 e. The maximum Gasteiger partial charge on any atom is 0.573 e. The van der Waals surface area contributed by atoms with Gasteiger partial charge in [-0.1, -0.05) is 62.8 Å². The van der Waals surface area contributed by atoms with E-state index in [9.17, 15) is 18.0 Å². The van der Waals surface area contributed by atoms with Gasteiger partial charge in [-0.2, -0.15) is 0 Å². The average molecular weight is 500 g/mol. The molecule has 5 nitrogen and oxygen atoms in total. The number of amides is 1. The number of para-hydroxylation sites is 2. The summed E-state index contributed by atoms with van der Waals surface area (Å²) in [6.45, 7) is 0. The number of aromatic nitrogens is 2. The van der Waals surface area contributed by atoms with Gasteiger partial charge >= 0.3 is 6.36 Å². The zero-order chi connectivity index (χ0) is 25.1. The number of rotatable bonds is 6. The molecule has 2 saturated carbocycles. The largest absolute Gasteiger partial charge is 0.573 e. The minimum Gasteiger partial charge on any atom is -0.406 e. The molecule has 2 aliphatic rings. The number of carbonyl (C=O) groups is 1. The Morgan fingerprint density at radius 3 is 2.36 bits per heavy atom. The van der Waals surface area contributed by atoms with Gasteiger partial charge in [0, 0.05) is 11.6 Å². The van der Waals surface area contributed by atoms with Crippen molar-refractivity contribution < 1.29 is 22.7 Å². The van der Waals surface area contributed by atoms with Gasteiger partial charge in [-0.3, -0.25) is 4.79 Å². The molecule has 1 aromatic heterocycles. The molecule has 1 amide bonds. The molecular weight excluding hydrogens is 467 g/mol. The first kappa shape index (κ1) is 24.7. The molecule has 2 fully saturated rings. The molecule has 5 rings (SSSR count). The van der Waals surface area contributed by atoms with Crippen molar-refractivity contribution in [3.8, 4) is 17.1 Å². The van der Waals surface area contributed by atoms with Gasteiger partial charge in [0.05, 0.1) is 11.0 Å². The fourth-order valence-corrected chi connectivity index (χ4v) is 5.89. The average Bonchev–Trinajstić information content (AvgIpc) is 3.24. The standard InChI is InChI=1S/C28H32F3N3O2/c29-28(30,31)36-22-15-9-12-20(18-22)26-33-23-16-7-8-17-24(23)34(26)25(19-10-3-1-4-11-19)27(35)32-21-13-5-2-6-14-21/h7-9,12,15-19,21,25H,1-6,10-11,13-14H2,(H,32,35).